The Bertz CT molecular complexity index is 582. The lowest BCUT2D eigenvalue weighted by Gasteiger charge is -2.13. The summed E-state index contributed by atoms with van der Waals surface area (Å²) in [6.07, 6.45) is 1.02. The highest BCUT2D eigenvalue weighted by Gasteiger charge is 2.17. The first-order valence-electron chi connectivity index (χ1n) is 5.90. The van der Waals surface area contributed by atoms with Crippen LogP contribution in [0.25, 0.3) is 0 Å². The van der Waals surface area contributed by atoms with Crippen LogP contribution in [0.5, 0.6) is 5.75 Å². The second-order valence-electron chi connectivity index (χ2n) is 4.35. The van der Waals surface area contributed by atoms with E-state index in [4.69, 9.17) is 4.74 Å². The summed E-state index contributed by atoms with van der Waals surface area (Å²) in [6, 6.07) is 15.0. The molecule has 0 amide bonds. The molecule has 0 bridgehead atoms. The number of fused-ring (bicyclic) bond motifs is 1. The molecule has 0 N–H and O–H groups in total. The molecule has 1 unspecified atom stereocenters. The van der Waals surface area contributed by atoms with Crippen LogP contribution in [-0.4, -0.2) is 6.61 Å². The zero-order valence-corrected chi connectivity index (χ0v) is 13.4. The molecule has 0 saturated carbocycles. The summed E-state index contributed by atoms with van der Waals surface area (Å²) in [7, 11) is 0. The number of hydrogen-bond donors (Lipinski definition) is 0. The van der Waals surface area contributed by atoms with Gasteiger partial charge in [-0.1, -0.05) is 46.3 Å². The Morgan fingerprint density at radius 3 is 2.83 bits per heavy atom. The lowest BCUT2D eigenvalue weighted by molar-refractivity contribution is 0.357. The largest absolute Gasteiger partial charge is 0.493 e. The highest BCUT2D eigenvalue weighted by molar-refractivity contribution is 14.1. The zero-order chi connectivity index (χ0) is 12.5. The van der Waals surface area contributed by atoms with E-state index in [1.54, 1.807) is 0 Å². The molecule has 1 atom stereocenters. The van der Waals surface area contributed by atoms with Gasteiger partial charge < -0.3 is 4.74 Å². The molecule has 1 aliphatic heterocycles. The van der Waals surface area contributed by atoms with Crippen LogP contribution >= 0.6 is 38.5 Å². The molecule has 2 aromatic carbocycles. The first-order valence-corrected chi connectivity index (χ1v) is 7.89. The van der Waals surface area contributed by atoms with Crippen LogP contribution in [0.4, 0.5) is 0 Å². The molecule has 18 heavy (non-hydrogen) atoms. The first-order chi connectivity index (χ1) is 8.75. The number of rotatable bonds is 2. The van der Waals surface area contributed by atoms with Gasteiger partial charge in [-0.05, 0) is 51.4 Å². The summed E-state index contributed by atoms with van der Waals surface area (Å²) in [5.41, 5.74) is 3.93. The normalized spacial score (nSPS) is 15.0. The molecular weight excluding hydrogens is 403 g/mol. The Morgan fingerprint density at radius 1 is 1.17 bits per heavy atom. The Labute approximate surface area is 129 Å². The smallest absolute Gasteiger partial charge is 0.122 e. The minimum atomic E-state index is 0.247. The zero-order valence-electron chi connectivity index (χ0n) is 9.70. The number of hydrogen-bond acceptors (Lipinski definition) is 1. The Balaban J connectivity index is 1.98. The maximum Gasteiger partial charge on any atom is 0.122 e. The Morgan fingerprint density at radius 2 is 2.00 bits per heavy atom. The minimum Gasteiger partial charge on any atom is -0.493 e. The maximum atomic E-state index is 5.55. The maximum absolute atomic E-state index is 5.55. The predicted molar refractivity (Wildman–Crippen MR) is 85.6 cm³/mol. The molecule has 0 radical (unpaired) electrons. The van der Waals surface area contributed by atoms with E-state index in [9.17, 15) is 0 Å². The standard InChI is InChI=1S/C15H12BrIO/c16-15(12-3-1-2-4-13(12)17)11-5-6-14-10(9-11)7-8-18-14/h1-6,9,15H,7-8H2. The molecule has 0 spiro atoms. The van der Waals surface area contributed by atoms with E-state index in [0.717, 1.165) is 18.8 Å². The van der Waals surface area contributed by atoms with E-state index in [1.165, 1.54) is 20.3 Å². The molecule has 2 aromatic rings. The summed E-state index contributed by atoms with van der Waals surface area (Å²) in [6.45, 7) is 0.814. The quantitative estimate of drug-likeness (QED) is 0.510. The van der Waals surface area contributed by atoms with Gasteiger partial charge in [-0.2, -0.15) is 0 Å². The summed E-state index contributed by atoms with van der Waals surface area (Å²) in [4.78, 5) is 0.247. The van der Waals surface area contributed by atoms with E-state index >= 15 is 0 Å². The number of benzene rings is 2. The molecule has 3 rings (SSSR count). The van der Waals surface area contributed by atoms with Gasteiger partial charge in [-0.15, -0.1) is 0 Å². The summed E-state index contributed by atoms with van der Waals surface area (Å²) >= 11 is 6.19. The van der Waals surface area contributed by atoms with E-state index < -0.39 is 0 Å². The average Bonchev–Trinajstić information content (AvgIpc) is 2.85. The number of alkyl halides is 1. The van der Waals surface area contributed by atoms with Gasteiger partial charge in [0, 0.05) is 9.99 Å². The van der Waals surface area contributed by atoms with Crippen molar-refractivity contribution in [2.75, 3.05) is 6.61 Å². The van der Waals surface area contributed by atoms with Crippen LogP contribution in [0.1, 0.15) is 21.5 Å². The van der Waals surface area contributed by atoms with Crippen LogP contribution in [-0.2, 0) is 6.42 Å². The van der Waals surface area contributed by atoms with Gasteiger partial charge in [-0.3, -0.25) is 0 Å². The van der Waals surface area contributed by atoms with Crippen LogP contribution in [0.15, 0.2) is 42.5 Å². The topological polar surface area (TPSA) is 9.23 Å². The van der Waals surface area contributed by atoms with Gasteiger partial charge >= 0.3 is 0 Å². The SMILES string of the molecule is BrC(c1ccc2c(c1)CCO2)c1ccccc1I. The third kappa shape index (κ3) is 2.30. The molecule has 0 aliphatic carbocycles. The number of halogens is 2. The first kappa shape index (κ1) is 12.5. The van der Waals surface area contributed by atoms with Gasteiger partial charge in [0.25, 0.3) is 0 Å². The molecule has 1 nitrogen and oxygen atoms in total. The fourth-order valence-corrected chi connectivity index (χ4v) is 4.04. The van der Waals surface area contributed by atoms with E-state index in [1.807, 2.05) is 0 Å². The van der Waals surface area contributed by atoms with Crippen molar-refractivity contribution in [1.29, 1.82) is 0 Å². The highest BCUT2D eigenvalue weighted by atomic mass is 127. The lowest BCUT2D eigenvalue weighted by Crippen LogP contribution is -1.96. The minimum absolute atomic E-state index is 0.247. The molecule has 1 aliphatic rings. The number of ether oxygens (including phenoxy) is 1. The molecule has 3 heteroatoms. The summed E-state index contributed by atoms with van der Waals surface area (Å²) in [5, 5.41) is 0. The van der Waals surface area contributed by atoms with Crippen molar-refractivity contribution in [1.82, 2.24) is 0 Å². The summed E-state index contributed by atoms with van der Waals surface area (Å²) in [5.74, 6) is 1.04. The van der Waals surface area contributed by atoms with Crippen LogP contribution in [0, 0.1) is 3.57 Å². The lowest BCUT2D eigenvalue weighted by atomic mass is 10.0. The van der Waals surface area contributed by atoms with Crippen LogP contribution < -0.4 is 4.74 Å². The second kappa shape index (κ2) is 5.21. The Kier molecular flexibility index (Phi) is 3.61. The summed E-state index contributed by atoms with van der Waals surface area (Å²) < 4.78 is 6.83. The van der Waals surface area contributed by atoms with Gasteiger partial charge in [-0.25, -0.2) is 0 Å². The third-order valence-electron chi connectivity index (χ3n) is 3.18. The van der Waals surface area contributed by atoms with Crippen LogP contribution in [0.2, 0.25) is 0 Å². The third-order valence-corrected chi connectivity index (χ3v) is 5.19. The van der Waals surface area contributed by atoms with E-state index in [0.29, 0.717) is 0 Å². The average molecular weight is 415 g/mol. The molecular formula is C15H12BrIO. The van der Waals surface area contributed by atoms with Crippen molar-refractivity contribution in [3.05, 3.63) is 62.7 Å². The Hall–Kier alpha value is -0.550. The van der Waals surface area contributed by atoms with Crippen molar-refractivity contribution < 1.29 is 4.74 Å². The van der Waals surface area contributed by atoms with Crippen molar-refractivity contribution in [3.63, 3.8) is 0 Å². The van der Waals surface area contributed by atoms with Gasteiger partial charge in [0.1, 0.15) is 5.75 Å². The fraction of sp³-hybridized carbons (Fsp3) is 0.200. The molecule has 0 saturated heterocycles. The van der Waals surface area contributed by atoms with Crippen molar-refractivity contribution in [2.24, 2.45) is 0 Å². The van der Waals surface area contributed by atoms with Crippen LogP contribution in [0.3, 0.4) is 0 Å². The molecule has 0 aromatic heterocycles. The van der Waals surface area contributed by atoms with E-state index in [2.05, 4.69) is 81.0 Å². The monoisotopic (exact) mass is 414 g/mol. The van der Waals surface area contributed by atoms with Crippen molar-refractivity contribution in [2.45, 2.75) is 11.2 Å². The second-order valence-corrected chi connectivity index (χ2v) is 6.43. The highest BCUT2D eigenvalue weighted by Crippen LogP contribution is 2.36. The molecule has 0 fully saturated rings. The van der Waals surface area contributed by atoms with E-state index in [-0.39, 0.29) is 4.83 Å². The molecule has 92 valence electrons. The van der Waals surface area contributed by atoms with Crippen molar-refractivity contribution >= 4 is 38.5 Å². The predicted octanol–water partition coefficient (Wildman–Crippen LogP) is 4.71. The van der Waals surface area contributed by atoms with Gasteiger partial charge in [0.15, 0.2) is 0 Å². The van der Waals surface area contributed by atoms with Gasteiger partial charge in [0.05, 0.1) is 11.4 Å². The van der Waals surface area contributed by atoms with Crippen molar-refractivity contribution in [3.8, 4) is 5.75 Å². The fourth-order valence-electron chi connectivity index (χ4n) is 2.22. The van der Waals surface area contributed by atoms with Gasteiger partial charge in [0.2, 0.25) is 0 Å². The molecule has 1 heterocycles.